The summed E-state index contributed by atoms with van der Waals surface area (Å²) in [7, 11) is 1.28. The van der Waals surface area contributed by atoms with Gasteiger partial charge in [0, 0.05) is 28.9 Å². The summed E-state index contributed by atoms with van der Waals surface area (Å²) in [4.78, 5) is 10.1. The summed E-state index contributed by atoms with van der Waals surface area (Å²) in [5.41, 5.74) is 2.79. The van der Waals surface area contributed by atoms with E-state index in [2.05, 4.69) is 9.97 Å². The number of alkyl halides is 3. The molecule has 2 aromatic carbocycles. The van der Waals surface area contributed by atoms with Gasteiger partial charge < -0.3 is 15.4 Å². The topological polar surface area (TPSA) is 88.1 Å². The van der Waals surface area contributed by atoms with Crippen LogP contribution < -0.4 is 15.4 Å². The molecule has 0 saturated heterocycles. The van der Waals surface area contributed by atoms with E-state index in [1.54, 1.807) is 11.0 Å². The lowest BCUT2D eigenvalue weighted by atomic mass is 9.92. The number of ether oxygens (including phenoxy) is 1. The molecule has 2 heterocycles. The molecule has 5 rings (SSSR count). The molecular weight excluding hydrogens is 501 g/mol. The lowest BCUT2D eigenvalue weighted by molar-refractivity contribution is -0.137. The van der Waals surface area contributed by atoms with Gasteiger partial charge in [0.1, 0.15) is 28.2 Å². The third kappa shape index (κ3) is 3.65. The van der Waals surface area contributed by atoms with Crippen LogP contribution in [0.5, 0.6) is 6.01 Å². The van der Waals surface area contributed by atoms with Crippen LogP contribution in [0.15, 0.2) is 18.2 Å². The SMILES string of the molecule is CCN(c1nc(OC)nc2c(F)c(-c3ccc(F)c4sc(N)c(C#N)c34)c(C(F)(F)F)cc12)C1CC1. The first kappa shape index (κ1) is 24.0. The molecule has 12 heteroatoms. The van der Waals surface area contributed by atoms with Gasteiger partial charge in [-0.3, -0.25) is 0 Å². The number of anilines is 2. The number of nitrogens with two attached hydrogens (primary N) is 1. The Morgan fingerprint density at radius 2 is 1.97 bits per heavy atom. The Morgan fingerprint density at radius 3 is 2.56 bits per heavy atom. The first-order chi connectivity index (χ1) is 17.1. The lowest BCUT2D eigenvalue weighted by Gasteiger charge is -2.25. The van der Waals surface area contributed by atoms with Gasteiger partial charge in [0.25, 0.3) is 0 Å². The van der Waals surface area contributed by atoms with E-state index in [9.17, 15) is 22.8 Å². The molecule has 2 N–H and O–H groups in total. The van der Waals surface area contributed by atoms with Gasteiger partial charge in [-0.1, -0.05) is 6.07 Å². The summed E-state index contributed by atoms with van der Waals surface area (Å²) in [5, 5.41) is 9.20. The van der Waals surface area contributed by atoms with Gasteiger partial charge in [0.15, 0.2) is 5.82 Å². The molecule has 186 valence electrons. The van der Waals surface area contributed by atoms with Gasteiger partial charge in [0.05, 0.1) is 22.9 Å². The Kier molecular flexibility index (Phi) is 5.63. The Balaban J connectivity index is 1.94. The van der Waals surface area contributed by atoms with Crippen molar-refractivity contribution in [3.63, 3.8) is 0 Å². The highest BCUT2D eigenvalue weighted by atomic mass is 32.1. The largest absolute Gasteiger partial charge is 0.467 e. The van der Waals surface area contributed by atoms with E-state index < -0.39 is 28.9 Å². The van der Waals surface area contributed by atoms with Gasteiger partial charge in [-0.2, -0.15) is 28.4 Å². The number of fused-ring (bicyclic) bond motifs is 2. The number of hydrogen-bond donors (Lipinski definition) is 1. The minimum Gasteiger partial charge on any atom is -0.467 e. The third-order valence-corrected chi connectivity index (χ3v) is 7.21. The quantitative estimate of drug-likeness (QED) is 0.313. The van der Waals surface area contributed by atoms with Crippen molar-refractivity contribution in [1.82, 2.24) is 9.97 Å². The van der Waals surface area contributed by atoms with E-state index in [0.29, 0.717) is 17.9 Å². The maximum atomic E-state index is 16.2. The van der Waals surface area contributed by atoms with Gasteiger partial charge in [-0.15, -0.1) is 11.3 Å². The van der Waals surface area contributed by atoms with Crippen LogP contribution in [-0.4, -0.2) is 29.7 Å². The molecule has 0 bridgehead atoms. The van der Waals surface area contributed by atoms with Gasteiger partial charge >= 0.3 is 12.2 Å². The second-order valence-electron chi connectivity index (χ2n) is 8.31. The van der Waals surface area contributed by atoms with Crippen LogP contribution in [0.4, 0.5) is 32.8 Å². The number of aromatic nitrogens is 2. The van der Waals surface area contributed by atoms with Crippen LogP contribution in [0.2, 0.25) is 0 Å². The molecule has 0 spiro atoms. The molecule has 2 aromatic heterocycles. The van der Waals surface area contributed by atoms with E-state index in [4.69, 9.17) is 10.5 Å². The fourth-order valence-electron chi connectivity index (χ4n) is 4.46. The molecule has 0 atom stereocenters. The Morgan fingerprint density at radius 1 is 1.25 bits per heavy atom. The first-order valence-corrected chi connectivity index (χ1v) is 11.7. The number of thiophene rings is 1. The van der Waals surface area contributed by atoms with Crippen molar-refractivity contribution in [2.24, 2.45) is 0 Å². The molecule has 1 saturated carbocycles. The number of methoxy groups -OCH3 is 1. The Hall–Kier alpha value is -3.72. The predicted octanol–water partition coefficient (Wildman–Crippen LogP) is 6.26. The predicted molar refractivity (Wildman–Crippen MR) is 127 cm³/mol. The number of hydrogen-bond acceptors (Lipinski definition) is 7. The van der Waals surface area contributed by atoms with Gasteiger partial charge in [-0.05, 0) is 37.5 Å². The summed E-state index contributed by atoms with van der Waals surface area (Å²) in [6.07, 6.45) is -3.33. The molecular formula is C24H18F5N5OS. The number of halogens is 5. The smallest absolute Gasteiger partial charge is 0.417 e. The van der Waals surface area contributed by atoms with E-state index in [-0.39, 0.29) is 55.0 Å². The third-order valence-electron chi connectivity index (χ3n) is 6.18. The zero-order valence-corrected chi connectivity index (χ0v) is 19.8. The number of rotatable bonds is 5. The molecule has 4 aromatic rings. The second-order valence-corrected chi connectivity index (χ2v) is 9.36. The maximum Gasteiger partial charge on any atom is 0.417 e. The molecule has 36 heavy (non-hydrogen) atoms. The van der Waals surface area contributed by atoms with Crippen molar-refractivity contribution in [3.05, 3.63) is 41.0 Å². The van der Waals surface area contributed by atoms with E-state index in [0.717, 1.165) is 31.0 Å². The summed E-state index contributed by atoms with van der Waals surface area (Å²) < 4.78 is 79.1. The fraction of sp³-hybridized carbons (Fsp3) is 0.292. The summed E-state index contributed by atoms with van der Waals surface area (Å²) in [5.74, 6) is -1.93. The van der Waals surface area contributed by atoms with Gasteiger partial charge in [0.2, 0.25) is 0 Å². The second kappa shape index (κ2) is 8.44. The van der Waals surface area contributed by atoms with Crippen LogP contribution in [0, 0.1) is 23.0 Å². The lowest BCUT2D eigenvalue weighted by Crippen LogP contribution is -2.27. The molecule has 1 aliphatic carbocycles. The molecule has 0 unspecified atom stereocenters. The number of nitrogen functional groups attached to an aromatic ring is 1. The summed E-state index contributed by atoms with van der Waals surface area (Å²) in [6, 6.07) is 4.42. The van der Waals surface area contributed by atoms with Crippen molar-refractivity contribution in [2.75, 3.05) is 24.3 Å². The number of nitrogens with zero attached hydrogens (tertiary/aromatic N) is 4. The normalized spacial score (nSPS) is 13.8. The molecule has 0 amide bonds. The Labute approximate surface area is 205 Å². The molecule has 0 radical (unpaired) electrons. The average molecular weight is 519 g/mol. The molecule has 0 aliphatic heterocycles. The van der Waals surface area contributed by atoms with Crippen molar-refractivity contribution in [2.45, 2.75) is 32.0 Å². The molecule has 1 fully saturated rings. The van der Waals surface area contributed by atoms with Crippen LogP contribution in [0.1, 0.15) is 30.9 Å². The highest BCUT2D eigenvalue weighted by Crippen LogP contribution is 2.48. The number of nitriles is 1. The highest BCUT2D eigenvalue weighted by Gasteiger charge is 2.39. The van der Waals surface area contributed by atoms with Crippen molar-refractivity contribution in [1.29, 1.82) is 5.26 Å². The van der Waals surface area contributed by atoms with Crippen molar-refractivity contribution in [3.8, 4) is 23.2 Å². The zero-order valence-electron chi connectivity index (χ0n) is 19.0. The summed E-state index contributed by atoms with van der Waals surface area (Å²) in [6.45, 7) is 2.26. The number of benzene rings is 2. The van der Waals surface area contributed by atoms with Crippen molar-refractivity contribution < 1.29 is 26.7 Å². The molecule has 1 aliphatic rings. The van der Waals surface area contributed by atoms with Crippen LogP contribution in [0.3, 0.4) is 0 Å². The van der Waals surface area contributed by atoms with E-state index in [1.807, 2.05) is 6.92 Å². The minimum absolute atomic E-state index is 0.0681. The standard InChI is InChI=1S/C24H18F5N5OS/c1-3-34(10-4-5-10)22-12-8-14(24(27,28)29)17(18(26)19(12)32-23(33-22)35-2)11-6-7-15(25)20-16(11)13(9-30)21(31)36-20/h6-8,10H,3-5,31H2,1-2H3. The van der Waals surface area contributed by atoms with E-state index >= 15 is 4.39 Å². The highest BCUT2D eigenvalue weighted by molar-refractivity contribution is 7.23. The monoisotopic (exact) mass is 519 g/mol. The van der Waals surface area contributed by atoms with Gasteiger partial charge in [-0.25, -0.2) is 8.78 Å². The average Bonchev–Trinajstić information content (AvgIpc) is 3.61. The summed E-state index contributed by atoms with van der Waals surface area (Å²) >= 11 is 0.711. The first-order valence-electron chi connectivity index (χ1n) is 10.9. The van der Waals surface area contributed by atoms with Crippen LogP contribution in [-0.2, 0) is 6.18 Å². The minimum atomic E-state index is -4.99. The van der Waals surface area contributed by atoms with Crippen LogP contribution in [0.25, 0.3) is 32.1 Å². The molecule has 6 nitrogen and oxygen atoms in total. The fourth-order valence-corrected chi connectivity index (χ4v) is 5.41. The Bertz CT molecular complexity index is 1570. The van der Waals surface area contributed by atoms with Crippen LogP contribution >= 0.6 is 11.3 Å². The maximum absolute atomic E-state index is 16.2. The zero-order chi connectivity index (χ0) is 25.9. The van der Waals surface area contributed by atoms with Crippen molar-refractivity contribution >= 4 is 43.1 Å². The van der Waals surface area contributed by atoms with E-state index in [1.165, 1.54) is 7.11 Å².